The van der Waals surface area contributed by atoms with E-state index in [2.05, 4.69) is 10.6 Å². The maximum absolute atomic E-state index is 12.7. The Bertz CT molecular complexity index is 828. The number of benzene rings is 2. The molecule has 0 bridgehead atoms. The van der Waals surface area contributed by atoms with Gasteiger partial charge in [0.05, 0.1) is 7.11 Å². The molecule has 5 nitrogen and oxygen atoms in total. The second-order valence-corrected chi connectivity index (χ2v) is 7.22. The number of ether oxygens (including phenoxy) is 1. The first-order valence-electron chi connectivity index (χ1n) is 9.04. The Balaban J connectivity index is 1.96. The van der Waals surface area contributed by atoms with Gasteiger partial charge in [0, 0.05) is 12.2 Å². The van der Waals surface area contributed by atoms with Gasteiger partial charge in [0.25, 0.3) is 0 Å². The van der Waals surface area contributed by atoms with Gasteiger partial charge in [0.1, 0.15) is 11.2 Å². The molecule has 2 amide bonds. The molecule has 0 saturated carbocycles. The van der Waals surface area contributed by atoms with Gasteiger partial charge in [0.15, 0.2) is 0 Å². The highest BCUT2D eigenvalue weighted by molar-refractivity contribution is 6.10. The fraction of sp³-hybridized carbons (Fsp3) is 0.364. The van der Waals surface area contributed by atoms with Crippen LogP contribution in [0.2, 0.25) is 0 Å². The Kier molecular flexibility index (Phi) is 6.61. The lowest BCUT2D eigenvalue weighted by molar-refractivity contribution is -0.138. The third-order valence-electron chi connectivity index (χ3n) is 4.64. The zero-order valence-electron chi connectivity index (χ0n) is 16.7. The molecule has 5 heteroatoms. The van der Waals surface area contributed by atoms with Crippen molar-refractivity contribution in [2.45, 2.75) is 34.1 Å². The zero-order chi connectivity index (χ0) is 20.0. The average molecular weight is 368 g/mol. The number of nitrogens with one attached hydrogen (secondary N) is 2. The monoisotopic (exact) mass is 368 g/mol. The number of hydrogen-bond acceptors (Lipinski definition) is 3. The van der Waals surface area contributed by atoms with Crippen molar-refractivity contribution in [2.75, 3.05) is 19.0 Å². The molecule has 0 aliphatic heterocycles. The largest absolute Gasteiger partial charge is 0.496 e. The van der Waals surface area contributed by atoms with Crippen LogP contribution in [0.3, 0.4) is 0 Å². The highest BCUT2D eigenvalue weighted by atomic mass is 16.5. The molecule has 0 atom stereocenters. The van der Waals surface area contributed by atoms with Crippen LogP contribution in [0.15, 0.2) is 42.5 Å². The first-order valence-corrected chi connectivity index (χ1v) is 9.04. The lowest BCUT2D eigenvalue weighted by Crippen LogP contribution is -2.45. The molecule has 0 aromatic heterocycles. The van der Waals surface area contributed by atoms with Crippen molar-refractivity contribution in [1.82, 2.24) is 5.32 Å². The van der Waals surface area contributed by atoms with Crippen molar-refractivity contribution in [3.63, 3.8) is 0 Å². The topological polar surface area (TPSA) is 67.4 Å². The van der Waals surface area contributed by atoms with E-state index in [9.17, 15) is 9.59 Å². The number of carbonyl (C=O) groups excluding carboxylic acids is 2. The Morgan fingerprint density at radius 3 is 2.41 bits per heavy atom. The van der Waals surface area contributed by atoms with Crippen LogP contribution in [0.5, 0.6) is 5.75 Å². The summed E-state index contributed by atoms with van der Waals surface area (Å²) in [6.45, 7) is 7.62. The van der Waals surface area contributed by atoms with E-state index >= 15 is 0 Å². The summed E-state index contributed by atoms with van der Waals surface area (Å²) >= 11 is 0. The van der Waals surface area contributed by atoms with Crippen molar-refractivity contribution in [1.29, 1.82) is 0 Å². The maximum Gasteiger partial charge on any atom is 0.239 e. The summed E-state index contributed by atoms with van der Waals surface area (Å²) in [6.07, 6.45) is 0.629. The van der Waals surface area contributed by atoms with E-state index in [1.807, 2.05) is 56.3 Å². The summed E-state index contributed by atoms with van der Waals surface area (Å²) in [5.41, 5.74) is 2.64. The van der Waals surface area contributed by atoms with E-state index in [0.29, 0.717) is 13.0 Å². The lowest BCUT2D eigenvalue weighted by atomic mass is 9.90. The Morgan fingerprint density at radius 2 is 1.74 bits per heavy atom. The molecular formula is C22H28N2O3. The number of rotatable bonds is 7. The molecule has 0 saturated heterocycles. The maximum atomic E-state index is 12.7. The number of carbonyl (C=O) groups is 2. The van der Waals surface area contributed by atoms with Gasteiger partial charge >= 0.3 is 0 Å². The molecule has 0 heterocycles. The van der Waals surface area contributed by atoms with Crippen LogP contribution in [-0.2, 0) is 16.0 Å². The minimum Gasteiger partial charge on any atom is -0.496 e. The molecule has 0 fully saturated rings. The van der Waals surface area contributed by atoms with Gasteiger partial charge in [0.2, 0.25) is 11.8 Å². The van der Waals surface area contributed by atoms with Gasteiger partial charge in [-0.05, 0) is 57.4 Å². The fourth-order valence-electron chi connectivity index (χ4n) is 2.78. The van der Waals surface area contributed by atoms with Crippen LogP contribution < -0.4 is 15.4 Å². The van der Waals surface area contributed by atoms with E-state index in [4.69, 9.17) is 4.74 Å². The highest BCUT2D eigenvalue weighted by Crippen LogP contribution is 2.22. The molecule has 144 valence electrons. The van der Waals surface area contributed by atoms with Crippen molar-refractivity contribution in [3.05, 3.63) is 59.2 Å². The van der Waals surface area contributed by atoms with Gasteiger partial charge in [-0.2, -0.15) is 0 Å². The van der Waals surface area contributed by atoms with Gasteiger partial charge in [-0.3, -0.25) is 9.59 Å². The molecule has 2 rings (SSSR count). The first-order chi connectivity index (χ1) is 12.8. The quantitative estimate of drug-likeness (QED) is 0.733. The normalized spacial score (nSPS) is 11.0. The van der Waals surface area contributed by atoms with E-state index in [0.717, 1.165) is 28.1 Å². The van der Waals surface area contributed by atoms with Gasteiger partial charge in [-0.25, -0.2) is 0 Å². The highest BCUT2D eigenvalue weighted by Gasteiger charge is 2.36. The van der Waals surface area contributed by atoms with Gasteiger partial charge in [-0.1, -0.05) is 35.9 Å². The van der Waals surface area contributed by atoms with E-state index in [1.165, 1.54) is 0 Å². The summed E-state index contributed by atoms with van der Waals surface area (Å²) in [6, 6.07) is 13.5. The standard InChI is InChI=1S/C22H28N2O3/c1-15-10-11-18(16(2)14-15)24-21(26)22(3,4)20(25)23-13-12-17-8-6-7-9-19(17)27-5/h6-11,14H,12-13H2,1-5H3,(H,23,25)(H,24,26). The third-order valence-corrected chi connectivity index (χ3v) is 4.64. The molecular weight excluding hydrogens is 340 g/mol. The minimum atomic E-state index is -1.18. The van der Waals surface area contributed by atoms with Crippen LogP contribution in [0.1, 0.15) is 30.5 Å². The number of hydrogen-bond donors (Lipinski definition) is 2. The minimum absolute atomic E-state index is 0.306. The van der Waals surface area contributed by atoms with Crippen LogP contribution in [0.25, 0.3) is 0 Å². The number of amides is 2. The van der Waals surface area contributed by atoms with Crippen LogP contribution in [0, 0.1) is 19.3 Å². The fourth-order valence-corrected chi connectivity index (χ4v) is 2.78. The predicted octanol–water partition coefficient (Wildman–Crippen LogP) is 3.64. The number of para-hydroxylation sites is 1. The molecule has 2 aromatic rings. The Hall–Kier alpha value is -2.82. The van der Waals surface area contributed by atoms with Gasteiger partial charge in [-0.15, -0.1) is 0 Å². The summed E-state index contributed by atoms with van der Waals surface area (Å²) < 4.78 is 5.32. The second kappa shape index (κ2) is 8.71. The first kappa shape index (κ1) is 20.5. The molecule has 2 aromatic carbocycles. The van der Waals surface area contributed by atoms with Gasteiger partial charge < -0.3 is 15.4 Å². The molecule has 0 radical (unpaired) electrons. The molecule has 27 heavy (non-hydrogen) atoms. The molecule has 0 spiro atoms. The molecule has 0 aliphatic rings. The predicted molar refractivity (Wildman–Crippen MR) is 108 cm³/mol. The summed E-state index contributed by atoms with van der Waals surface area (Å²) in [7, 11) is 1.62. The second-order valence-electron chi connectivity index (χ2n) is 7.22. The summed E-state index contributed by atoms with van der Waals surface area (Å²) in [5, 5.41) is 5.72. The molecule has 0 aliphatic carbocycles. The number of methoxy groups -OCH3 is 1. The smallest absolute Gasteiger partial charge is 0.239 e. The zero-order valence-corrected chi connectivity index (χ0v) is 16.7. The molecule has 2 N–H and O–H groups in total. The van der Waals surface area contributed by atoms with Crippen molar-refractivity contribution < 1.29 is 14.3 Å². The van der Waals surface area contributed by atoms with Crippen LogP contribution in [-0.4, -0.2) is 25.5 Å². The number of anilines is 1. The van der Waals surface area contributed by atoms with Crippen LogP contribution in [0.4, 0.5) is 5.69 Å². The van der Waals surface area contributed by atoms with E-state index < -0.39 is 5.41 Å². The summed E-state index contributed by atoms with van der Waals surface area (Å²) in [5.74, 6) is 0.155. The Morgan fingerprint density at radius 1 is 1.04 bits per heavy atom. The lowest BCUT2D eigenvalue weighted by Gasteiger charge is -2.23. The van der Waals surface area contributed by atoms with Crippen molar-refractivity contribution in [3.8, 4) is 5.75 Å². The average Bonchev–Trinajstić information content (AvgIpc) is 2.64. The Labute approximate surface area is 161 Å². The van der Waals surface area contributed by atoms with E-state index in [1.54, 1.807) is 21.0 Å². The summed E-state index contributed by atoms with van der Waals surface area (Å²) in [4.78, 5) is 25.2. The molecule has 0 unspecified atom stereocenters. The number of aryl methyl sites for hydroxylation is 2. The van der Waals surface area contributed by atoms with E-state index in [-0.39, 0.29) is 11.8 Å². The van der Waals surface area contributed by atoms with Crippen LogP contribution >= 0.6 is 0 Å². The third kappa shape index (κ3) is 5.09. The SMILES string of the molecule is COc1ccccc1CCNC(=O)C(C)(C)C(=O)Nc1ccc(C)cc1C. The van der Waals surface area contributed by atoms with Crippen molar-refractivity contribution >= 4 is 17.5 Å². The van der Waals surface area contributed by atoms with Crippen molar-refractivity contribution in [2.24, 2.45) is 5.41 Å².